The second-order valence-corrected chi connectivity index (χ2v) is 6.01. The van der Waals surface area contributed by atoms with Gasteiger partial charge in [-0.15, -0.1) is 0 Å². The Morgan fingerprint density at radius 1 is 1.04 bits per heavy atom. The fraction of sp³-hybridized carbons (Fsp3) is 0.273. The first-order valence-corrected chi connectivity index (χ1v) is 8.24. The molecule has 0 bridgehead atoms. The standard InChI is InChI=1S/C22H22F3N/c1-16(20-13-5-10-18-9-2-3-12-21(18)20)26-14-6-8-17-7-4-11-19(15-17)22(23,24)25/h2-5,7,9-13,15-16,26H,6,8,14H2,1H3/t16-/m1/s1/i1D3,6D2. The summed E-state index contributed by atoms with van der Waals surface area (Å²) in [6.07, 6.45) is -6.76. The SMILES string of the molecule is [2H]C([2H])(CN[C@@H](c1cccc2ccccc12)C([2H])([2H])[2H])Cc1cccc(C(F)(F)F)c1. The first-order valence-electron chi connectivity index (χ1n) is 10.7. The van der Waals surface area contributed by atoms with Crippen LogP contribution < -0.4 is 5.32 Å². The summed E-state index contributed by atoms with van der Waals surface area (Å²) in [5.74, 6) is 0. The molecule has 136 valence electrons. The highest BCUT2D eigenvalue weighted by atomic mass is 19.4. The molecule has 0 fully saturated rings. The van der Waals surface area contributed by atoms with E-state index in [1.54, 1.807) is 18.2 Å². The van der Waals surface area contributed by atoms with Gasteiger partial charge in [0.05, 0.1) is 5.56 Å². The zero-order valence-corrected chi connectivity index (χ0v) is 14.0. The molecule has 0 aromatic heterocycles. The Hall–Kier alpha value is -2.33. The average molecular weight is 362 g/mol. The lowest BCUT2D eigenvalue weighted by atomic mass is 9.99. The molecule has 3 aromatic carbocycles. The monoisotopic (exact) mass is 362 g/mol. The maximum atomic E-state index is 12.9. The van der Waals surface area contributed by atoms with E-state index in [2.05, 4.69) is 5.32 Å². The molecule has 0 unspecified atom stereocenters. The summed E-state index contributed by atoms with van der Waals surface area (Å²) in [5, 5.41) is 4.42. The molecule has 26 heavy (non-hydrogen) atoms. The lowest BCUT2D eigenvalue weighted by Gasteiger charge is -2.17. The molecule has 0 aliphatic carbocycles. The number of hydrogen-bond acceptors (Lipinski definition) is 1. The number of nitrogens with one attached hydrogen (secondary N) is 1. The van der Waals surface area contributed by atoms with E-state index in [0.29, 0.717) is 5.56 Å². The van der Waals surface area contributed by atoms with Crippen molar-refractivity contribution in [3.8, 4) is 0 Å². The molecule has 1 atom stereocenters. The number of benzene rings is 3. The van der Waals surface area contributed by atoms with E-state index in [1.807, 2.05) is 24.3 Å². The van der Waals surface area contributed by atoms with Crippen molar-refractivity contribution in [2.75, 3.05) is 6.54 Å². The van der Waals surface area contributed by atoms with Gasteiger partial charge in [-0.05, 0) is 54.2 Å². The van der Waals surface area contributed by atoms with E-state index < -0.39 is 31.0 Å². The zero-order chi connectivity index (χ0) is 22.9. The Morgan fingerprint density at radius 3 is 2.62 bits per heavy atom. The van der Waals surface area contributed by atoms with Crippen molar-refractivity contribution in [2.45, 2.75) is 31.9 Å². The van der Waals surface area contributed by atoms with E-state index in [-0.39, 0.29) is 18.5 Å². The minimum atomic E-state index is -4.51. The van der Waals surface area contributed by atoms with Crippen LogP contribution in [0.15, 0.2) is 66.7 Å². The third kappa shape index (κ3) is 4.44. The summed E-state index contributed by atoms with van der Waals surface area (Å²) in [6, 6.07) is 16.0. The van der Waals surface area contributed by atoms with Gasteiger partial charge < -0.3 is 5.32 Å². The Bertz CT molecular complexity index is 1040. The van der Waals surface area contributed by atoms with E-state index in [1.165, 1.54) is 12.1 Å². The van der Waals surface area contributed by atoms with Crippen molar-refractivity contribution in [2.24, 2.45) is 0 Å². The van der Waals surface area contributed by atoms with Crippen molar-refractivity contribution >= 4 is 10.8 Å². The molecule has 0 amide bonds. The minimum absolute atomic E-state index is 0.192. The lowest BCUT2D eigenvalue weighted by Crippen LogP contribution is -2.20. The third-order valence-electron chi connectivity index (χ3n) is 4.15. The lowest BCUT2D eigenvalue weighted by molar-refractivity contribution is -0.137. The second kappa shape index (κ2) is 7.92. The normalized spacial score (nSPS) is 17.0. The predicted molar refractivity (Wildman–Crippen MR) is 100 cm³/mol. The zero-order valence-electron chi connectivity index (χ0n) is 19.0. The van der Waals surface area contributed by atoms with Crippen molar-refractivity contribution in [1.29, 1.82) is 0 Å². The van der Waals surface area contributed by atoms with Crippen LogP contribution in [0.2, 0.25) is 0 Å². The summed E-state index contributed by atoms with van der Waals surface area (Å²) in [4.78, 5) is 0. The maximum absolute atomic E-state index is 12.9. The van der Waals surface area contributed by atoms with Gasteiger partial charge >= 0.3 is 6.18 Å². The highest BCUT2D eigenvalue weighted by Crippen LogP contribution is 2.29. The highest BCUT2D eigenvalue weighted by molar-refractivity contribution is 5.86. The van der Waals surface area contributed by atoms with Gasteiger partial charge in [-0.3, -0.25) is 0 Å². The molecule has 0 heterocycles. The largest absolute Gasteiger partial charge is 0.416 e. The molecular weight excluding hydrogens is 335 g/mol. The molecule has 0 aliphatic rings. The summed E-state index contributed by atoms with van der Waals surface area (Å²) in [5.41, 5.74) is -0.130. The first-order chi connectivity index (χ1) is 14.4. The van der Waals surface area contributed by atoms with Gasteiger partial charge in [0.1, 0.15) is 0 Å². The molecule has 0 saturated heterocycles. The number of alkyl halides is 3. The van der Waals surface area contributed by atoms with Gasteiger partial charge in [0.25, 0.3) is 0 Å². The molecule has 1 N–H and O–H groups in total. The van der Waals surface area contributed by atoms with Gasteiger partial charge in [0.2, 0.25) is 0 Å². The fourth-order valence-electron chi connectivity index (χ4n) is 2.85. The molecule has 4 heteroatoms. The number of hydrogen-bond donors (Lipinski definition) is 1. The topological polar surface area (TPSA) is 12.0 Å². The smallest absolute Gasteiger partial charge is 0.310 e. The van der Waals surface area contributed by atoms with E-state index in [0.717, 1.165) is 22.9 Å². The molecule has 3 rings (SSSR count). The Kier molecular flexibility index (Phi) is 3.94. The molecule has 1 nitrogen and oxygen atoms in total. The van der Waals surface area contributed by atoms with Crippen LogP contribution in [-0.2, 0) is 12.6 Å². The second-order valence-electron chi connectivity index (χ2n) is 6.01. The van der Waals surface area contributed by atoms with Crippen LogP contribution in [0.25, 0.3) is 10.8 Å². The van der Waals surface area contributed by atoms with E-state index in [4.69, 9.17) is 6.85 Å². The average Bonchev–Trinajstić information content (AvgIpc) is 2.66. The van der Waals surface area contributed by atoms with Gasteiger partial charge in [-0.25, -0.2) is 0 Å². The predicted octanol–water partition coefficient (Wildman–Crippen LogP) is 6.14. The highest BCUT2D eigenvalue weighted by Gasteiger charge is 2.30. The van der Waals surface area contributed by atoms with Crippen molar-refractivity contribution in [3.63, 3.8) is 0 Å². The van der Waals surface area contributed by atoms with Crippen molar-refractivity contribution < 1.29 is 20.0 Å². The first kappa shape index (κ1) is 12.9. The number of rotatable bonds is 6. The minimum Gasteiger partial charge on any atom is -0.310 e. The van der Waals surface area contributed by atoms with Crippen LogP contribution in [0.3, 0.4) is 0 Å². The van der Waals surface area contributed by atoms with Gasteiger partial charge in [0, 0.05) is 12.9 Å². The molecule has 0 spiro atoms. The van der Waals surface area contributed by atoms with Gasteiger partial charge in [-0.1, -0.05) is 60.7 Å². The van der Waals surface area contributed by atoms with E-state index >= 15 is 0 Å². The molecule has 3 aromatic rings. The number of aryl methyl sites for hydroxylation is 1. The molecule has 0 radical (unpaired) electrons. The van der Waals surface area contributed by atoms with Crippen LogP contribution in [-0.4, -0.2) is 6.54 Å². The molecule has 0 saturated carbocycles. The summed E-state index contributed by atoms with van der Waals surface area (Å²) in [6.45, 7) is -2.79. The molecular formula is C22H22F3N. The summed E-state index contributed by atoms with van der Waals surface area (Å²) >= 11 is 0. The van der Waals surface area contributed by atoms with Gasteiger partial charge in [-0.2, -0.15) is 13.2 Å². The number of halogens is 3. The maximum Gasteiger partial charge on any atom is 0.416 e. The van der Waals surface area contributed by atoms with Crippen molar-refractivity contribution in [3.05, 3.63) is 83.4 Å². The summed E-state index contributed by atoms with van der Waals surface area (Å²) < 4.78 is 79.2. The van der Waals surface area contributed by atoms with Crippen LogP contribution in [0.1, 0.15) is 42.8 Å². The van der Waals surface area contributed by atoms with E-state index in [9.17, 15) is 13.2 Å². The van der Waals surface area contributed by atoms with Crippen molar-refractivity contribution in [1.82, 2.24) is 5.32 Å². The summed E-state index contributed by atoms with van der Waals surface area (Å²) in [7, 11) is 0. The van der Waals surface area contributed by atoms with Gasteiger partial charge in [0.15, 0.2) is 0 Å². The van der Waals surface area contributed by atoms with Crippen LogP contribution >= 0.6 is 0 Å². The quantitative estimate of drug-likeness (QED) is 0.555. The molecule has 0 aliphatic heterocycles. The Morgan fingerprint density at radius 2 is 1.81 bits per heavy atom. The number of fused-ring (bicyclic) bond motifs is 1. The third-order valence-corrected chi connectivity index (χ3v) is 4.15. The van der Waals surface area contributed by atoms with Crippen LogP contribution in [0.5, 0.6) is 0 Å². The Balaban J connectivity index is 1.82. The van der Waals surface area contributed by atoms with Crippen LogP contribution in [0.4, 0.5) is 13.2 Å². The van der Waals surface area contributed by atoms with Crippen LogP contribution in [0, 0.1) is 0 Å². The fourth-order valence-corrected chi connectivity index (χ4v) is 2.85. The Labute approximate surface area is 158 Å².